The molecule has 80 valence electrons. The zero-order valence-corrected chi connectivity index (χ0v) is 8.64. The highest BCUT2D eigenvalue weighted by Crippen LogP contribution is 2.07. The van der Waals surface area contributed by atoms with Crippen LogP contribution in [0.2, 0.25) is 0 Å². The molecule has 0 aromatic heterocycles. The third-order valence-electron chi connectivity index (χ3n) is 2.07. The fourth-order valence-electron chi connectivity index (χ4n) is 1.12. The van der Waals surface area contributed by atoms with Crippen LogP contribution in [0.4, 0.5) is 0 Å². The van der Waals surface area contributed by atoms with Crippen LogP contribution in [0.5, 0.6) is 0 Å². The Labute approximate surface area is 89.1 Å². The minimum Gasteiger partial charge on any atom is -0.383 e. The van der Waals surface area contributed by atoms with E-state index in [0.29, 0.717) is 12.1 Å². The Morgan fingerprint density at radius 1 is 1.47 bits per heavy atom. The first-order chi connectivity index (χ1) is 7.15. The third-order valence-corrected chi connectivity index (χ3v) is 2.07. The molecular weight excluding hydrogens is 190 g/mol. The van der Waals surface area contributed by atoms with Gasteiger partial charge in [0.15, 0.2) is 0 Å². The molecule has 0 saturated carbocycles. The van der Waals surface area contributed by atoms with Gasteiger partial charge in [-0.2, -0.15) is 0 Å². The van der Waals surface area contributed by atoms with Crippen LogP contribution in [-0.2, 0) is 6.54 Å². The number of hydrogen-bond donors (Lipinski definition) is 3. The molecule has 0 aliphatic carbocycles. The number of nitrogens with one attached hydrogen (secondary N) is 1. The number of nitrogens with zero attached hydrogens (tertiary/aromatic N) is 1. The summed E-state index contributed by atoms with van der Waals surface area (Å²) in [5, 5.41) is 17.6. The summed E-state index contributed by atoms with van der Waals surface area (Å²) in [6, 6.07) is 9.50. The highest BCUT2D eigenvalue weighted by atomic mass is 16.5. The van der Waals surface area contributed by atoms with E-state index in [2.05, 4.69) is 0 Å². The van der Waals surface area contributed by atoms with E-state index in [1.165, 1.54) is 0 Å². The van der Waals surface area contributed by atoms with Gasteiger partial charge in [0.05, 0.1) is 6.54 Å². The van der Waals surface area contributed by atoms with E-state index < -0.39 is 0 Å². The first kappa shape index (κ1) is 11.3. The van der Waals surface area contributed by atoms with Crippen molar-refractivity contribution in [3.8, 4) is 0 Å². The summed E-state index contributed by atoms with van der Waals surface area (Å²) in [5.41, 5.74) is 7.12. The maximum absolute atomic E-state index is 9.62. The van der Waals surface area contributed by atoms with Gasteiger partial charge in [-0.05, 0) is 12.5 Å². The number of hydrogen-bond acceptors (Lipinski definition) is 4. The fraction of sp³-hybridized carbons (Fsp3) is 0.182. The number of nitrogens with two attached hydrogens (primary N) is 1. The summed E-state index contributed by atoms with van der Waals surface area (Å²) in [6.07, 6.45) is 1.11. The molecule has 0 fully saturated rings. The van der Waals surface area contributed by atoms with Crippen LogP contribution in [0.3, 0.4) is 0 Å². The van der Waals surface area contributed by atoms with E-state index >= 15 is 0 Å². The topological polar surface area (TPSA) is 73.3 Å². The Balaban J connectivity index is 2.72. The Bertz CT molecular complexity index is 359. The van der Waals surface area contributed by atoms with E-state index in [-0.39, 0.29) is 5.82 Å². The molecule has 15 heavy (non-hydrogen) atoms. The third kappa shape index (κ3) is 3.11. The van der Waals surface area contributed by atoms with Crippen LogP contribution < -0.4 is 5.73 Å². The second kappa shape index (κ2) is 5.17. The van der Waals surface area contributed by atoms with Crippen LogP contribution in [0.1, 0.15) is 12.5 Å². The molecule has 0 bridgehead atoms. The standard InChI is InChI=1S/C11H15N3O/c1-9(7-12)11(13)14(15)8-10-5-3-2-4-6-10/h2-7,12,15H,8,13H2,1H3/b11-9+,12-7?. The zero-order valence-electron chi connectivity index (χ0n) is 8.64. The summed E-state index contributed by atoms with van der Waals surface area (Å²) < 4.78 is 0. The van der Waals surface area contributed by atoms with Crippen molar-refractivity contribution >= 4 is 6.21 Å². The molecule has 0 saturated heterocycles. The molecule has 0 atom stereocenters. The molecule has 4 heteroatoms. The van der Waals surface area contributed by atoms with Gasteiger partial charge in [0.2, 0.25) is 0 Å². The van der Waals surface area contributed by atoms with Gasteiger partial charge < -0.3 is 11.1 Å². The molecule has 0 spiro atoms. The summed E-state index contributed by atoms with van der Waals surface area (Å²) >= 11 is 0. The van der Waals surface area contributed by atoms with Crippen LogP contribution >= 0.6 is 0 Å². The first-order valence-corrected chi connectivity index (χ1v) is 4.62. The number of allylic oxidation sites excluding steroid dienone is 1. The molecule has 0 unspecified atom stereocenters. The second-order valence-electron chi connectivity index (χ2n) is 3.26. The summed E-state index contributed by atoms with van der Waals surface area (Å²) in [7, 11) is 0. The molecule has 1 rings (SSSR count). The normalized spacial score (nSPS) is 11.9. The maximum Gasteiger partial charge on any atom is 0.128 e. The SMILES string of the molecule is C/C(C=N)=C(/N)N(O)Cc1ccccc1. The Morgan fingerprint density at radius 3 is 2.60 bits per heavy atom. The smallest absolute Gasteiger partial charge is 0.128 e. The Hall–Kier alpha value is -1.81. The minimum absolute atomic E-state index is 0.203. The van der Waals surface area contributed by atoms with Gasteiger partial charge in [0.1, 0.15) is 5.82 Å². The van der Waals surface area contributed by atoms with Crippen molar-refractivity contribution in [1.29, 1.82) is 5.41 Å². The highest BCUT2D eigenvalue weighted by Gasteiger charge is 2.05. The lowest BCUT2D eigenvalue weighted by Gasteiger charge is -2.18. The van der Waals surface area contributed by atoms with E-state index in [1.807, 2.05) is 30.3 Å². The fourth-order valence-corrected chi connectivity index (χ4v) is 1.12. The lowest BCUT2D eigenvalue weighted by molar-refractivity contribution is -0.0657. The highest BCUT2D eigenvalue weighted by molar-refractivity contribution is 5.75. The predicted molar refractivity (Wildman–Crippen MR) is 59.4 cm³/mol. The molecule has 0 aliphatic heterocycles. The van der Waals surface area contributed by atoms with Crippen molar-refractivity contribution in [1.82, 2.24) is 5.06 Å². The van der Waals surface area contributed by atoms with E-state index in [0.717, 1.165) is 16.8 Å². The van der Waals surface area contributed by atoms with Gasteiger partial charge >= 0.3 is 0 Å². The largest absolute Gasteiger partial charge is 0.383 e. The molecule has 4 nitrogen and oxygen atoms in total. The van der Waals surface area contributed by atoms with Crippen molar-refractivity contribution in [2.75, 3.05) is 0 Å². The van der Waals surface area contributed by atoms with Crippen molar-refractivity contribution < 1.29 is 5.21 Å². The molecule has 0 aliphatic rings. The predicted octanol–water partition coefficient (Wildman–Crippen LogP) is 1.72. The summed E-state index contributed by atoms with van der Waals surface area (Å²) in [5.74, 6) is 0.203. The average Bonchev–Trinajstić information content (AvgIpc) is 2.28. The van der Waals surface area contributed by atoms with Crippen LogP contribution in [-0.4, -0.2) is 16.5 Å². The maximum atomic E-state index is 9.62. The molecule has 1 aromatic rings. The minimum atomic E-state index is 0.203. The Morgan fingerprint density at radius 2 is 2.07 bits per heavy atom. The van der Waals surface area contributed by atoms with Gasteiger partial charge in [-0.3, -0.25) is 5.21 Å². The molecule has 0 amide bonds. The van der Waals surface area contributed by atoms with Crippen LogP contribution in [0.25, 0.3) is 0 Å². The lowest BCUT2D eigenvalue weighted by atomic mass is 10.2. The monoisotopic (exact) mass is 205 g/mol. The van der Waals surface area contributed by atoms with Crippen molar-refractivity contribution in [2.24, 2.45) is 5.73 Å². The number of rotatable bonds is 4. The van der Waals surface area contributed by atoms with Gasteiger partial charge in [-0.1, -0.05) is 30.3 Å². The Kier molecular flexibility index (Phi) is 3.88. The molecule has 0 radical (unpaired) electrons. The van der Waals surface area contributed by atoms with E-state index in [1.54, 1.807) is 6.92 Å². The van der Waals surface area contributed by atoms with E-state index in [9.17, 15) is 5.21 Å². The van der Waals surface area contributed by atoms with E-state index in [4.69, 9.17) is 11.1 Å². The quantitative estimate of drug-likeness (QED) is 0.517. The van der Waals surface area contributed by atoms with Gasteiger partial charge in [0, 0.05) is 11.8 Å². The summed E-state index contributed by atoms with van der Waals surface area (Å²) in [4.78, 5) is 0. The van der Waals surface area contributed by atoms with Gasteiger partial charge in [-0.25, -0.2) is 5.06 Å². The molecule has 0 heterocycles. The second-order valence-corrected chi connectivity index (χ2v) is 3.26. The van der Waals surface area contributed by atoms with Gasteiger partial charge in [0.25, 0.3) is 0 Å². The molecule has 1 aromatic carbocycles. The lowest BCUT2D eigenvalue weighted by Crippen LogP contribution is -2.25. The molecular formula is C11H15N3O. The van der Waals surface area contributed by atoms with Crippen LogP contribution in [0, 0.1) is 5.41 Å². The number of benzene rings is 1. The van der Waals surface area contributed by atoms with Crippen molar-refractivity contribution in [3.05, 3.63) is 47.3 Å². The molecule has 4 N–H and O–H groups in total. The average molecular weight is 205 g/mol. The summed E-state index contributed by atoms with van der Waals surface area (Å²) in [6.45, 7) is 1.99. The number of hydroxylamine groups is 2. The first-order valence-electron chi connectivity index (χ1n) is 4.62. The van der Waals surface area contributed by atoms with Crippen molar-refractivity contribution in [2.45, 2.75) is 13.5 Å². The van der Waals surface area contributed by atoms with Crippen molar-refractivity contribution in [3.63, 3.8) is 0 Å². The van der Waals surface area contributed by atoms with Crippen LogP contribution in [0.15, 0.2) is 41.7 Å². The van der Waals surface area contributed by atoms with Gasteiger partial charge in [-0.15, -0.1) is 0 Å². The zero-order chi connectivity index (χ0) is 11.3.